The zero-order valence-corrected chi connectivity index (χ0v) is 15.7. The molecule has 3 aromatic rings. The first kappa shape index (κ1) is 18.2. The van der Waals surface area contributed by atoms with Gasteiger partial charge in [0, 0.05) is 18.9 Å². The van der Waals surface area contributed by atoms with Gasteiger partial charge < -0.3 is 9.30 Å². The summed E-state index contributed by atoms with van der Waals surface area (Å²) in [5.74, 6) is 1.50. The summed E-state index contributed by atoms with van der Waals surface area (Å²) >= 11 is 0. The Morgan fingerprint density at radius 1 is 1.15 bits per heavy atom. The van der Waals surface area contributed by atoms with E-state index in [2.05, 4.69) is 9.71 Å². The summed E-state index contributed by atoms with van der Waals surface area (Å²) in [5.41, 5.74) is 2.53. The van der Waals surface area contributed by atoms with E-state index in [0.29, 0.717) is 5.75 Å². The summed E-state index contributed by atoms with van der Waals surface area (Å²) in [6.45, 7) is 3.90. The van der Waals surface area contributed by atoms with E-state index >= 15 is 0 Å². The van der Waals surface area contributed by atoms with Crippen molar-refractivity contribution < 1.29 is 13.2 Å². The van der Waals surface area contributed by atoms with Gasteiger partial charge in [-0.2, -0.15) is 0 Å². The van der Waals surface area contributed by atoms with Crippen molar-refractivity contribution in [1.29, 1.82) is 0 Å². The van der Waals surface area contributed by atoms with Crippen LogP contribution >= 0.6 is 0 Å². The monoisotopic (exact) mass is 371 g/mol. The zero-order chi connectivity index (χ0) is 18.7. The zero-order valence-electron chi connectivity index (χ0n) is 14.9. The topological polar surface area (TPSA) is 73.2 Å². The molecule has 0 radical (unpaired) electrons. The van der Waals surface area contributed by atoms with Crippen molar-refractivity contribution in [3.8, 4) is 11.4 Å². The second kappa shape index (κ2) is 7.31. The van der Waals surface area contributed by atoms with Crippen LogP contribution in [0.2, 0.25) is 0 Å². The van der Waals surface area contributed by atoms with E-state index in [4.69, 9.17) is 4.74 Å². The molecule has 1 N–H and O–H groups in total. The molecule has 1 heterocycles. The van der Waals surface area contributed by atoms with Crippen LogP contribution in [-0.4, -0.2) is 25.1 Å². The van der Waals surface area contributed by atoms with Crippen LogP contribution in [0.3, 0.4) is 0 Å². The van der Waals surface area contributed by atoms with Gasteiger partial charge in [0.25, 0.3) is 0 Å². The Balaban J connectivity index is 1.85. The Morgan fingerprint density at radius 2 is 1.92 bits per heavy atom. The van der Waals surface area contributed by atoms with Crippen LogP contribution in [0.25, 0.3) is 5.69 Å². The normalized spacial score (nSPS) is 11.5. The van der Waals surface area contributed by atoms with Crippen molar-refractivity contribution in [3.63, 3.8) is 0 Å². The number of aryl methyl sites for hydroxylation is 2. The van der Waals surface area contributed by atoms with Gasteiger partial charge in [0.2, 0.25) is 10.0 Å². The Kier molecular flexibility index (Phi) is 5.11. The van der Waals surface area contributed by atoms with Crippen LogP contribution in [0.15, 0.2) is 59.8 Å². The number of nitrogens with one attached hydrogen (secondary N) is 1. The van der Waals surface area contributed by atoms with Crippen molar-refractivity contribution >= 4 is 10.0 Å². The van der Waals surface area contributed by atoms with E-state index in [1.807, 2.05) is 48.9 Å². The molecule has 0 aliphatic heterocycles. The van der Waals surface area contributed by atoms with Crippen LogP contribution < -0.4 is 9.46 Å². The third-order valence-corrected chi connectivity index (χ3v) is 5.61. The highest BCUT2D eigenvalue weighted by Gasteiger charge is 2.16. The van der Waals surface area contributed by atoms with Gasteiger partial charge in [-0.25, -0.2) is 18.1 Å². The van der Waals surface area contributed by atoms with Crippen LogP contribution in [0.5, 0.6) is 5.75 Å². The summed E-state index contributed by atoms with van der Waals surface area (Å²) < 4.78 is 35.1. The molecule has 0 unspecified atom stereocenters. The Hall–Kier alpha value is -2.64. The number of benzene rings is 2. The van der Waals surface area contributed by atoms with Gasteiger partial charge in [-0.3, -0.25) is 0 Å². The molecule has 0 aliphatic carbocycles. The lowest BCUT2D eigenvalue weighted by atomic mass is 10.2. The summed E-state index contributed by atoms with van der Waals surface area (Å²) in [4.78, 5) is 4.44. The first-order valence-corrected chi connectivity index (χ1v) is 9.63. The minimum atomic E-state index is -3.63. The van der Waals surface area contributed by atoms with Crippen LogP contribution in [0.1, 0.15) is 17.0 Å². The number of nitrogens with zero attached hydrogens (tertiary/aromatic N) is 2. The number of ether oxygens (including phenoxy) is 1. The maximum atomic E-state index is 12.7. The van der Waals surface area contributed by atoms with Gasteiger partial charge in [-0.15, -0.1) is 0 Å². The fourth-order valence-electron chi connectivity index (χ4n) is 2.80. The molecule has 0 saturated heterocycles. The molecule has 26 heavy (non-hydrogen) atoms. The van der Waals surface area contributed by atoms with Crippen LogP contribution in [-0.2, 0) is 16.6 Å². The second-order valence-corrected chi connectivity index (χ2v) is 7.70. The van der Waals surface area contributed by atoms with Gasteiger partial charge in [0.05, 0.1) is 17.7 Å². The SMILES string of the molecule is COc1ccc(S(=O)(=O)NCc2ccccc2-n2ccnc2C)cc1C. The predicted octanol–water partition coefficient (Wildman–Crippen LogP) is 2.98. The lowest BCUT2D eigenvalue weighted by Gasteiger charge is -2.13. The molecule has 3 rings (SSSR count). The van der Waals surface area contributed by atoms with E-state index < -0.39 is 10.0 Å². The van der Waals surface area contributed by atoms with Gasteiger partial charge in [0.1, 0.15) is 11.6 Å². The average Bonchev–Trinajstić information content (AvgIpc) is 3.06. The first-order valence-electron chi connectivity index (χ1n) is 8.15. The lowest BCUT2D eigenvalue weighted by molar-refractivity contribution is 0.411. The number of imidazole rings is 1. The molecule has 7 heteroatoms. The van der Waals surface area contributed by atoms with Crippen molar-refractivity contribution in [1.82, 2.24) is 14.3 Å². The first-order chi connectivity index (χ1) is 12.4. The van der Waals surface area contributed by atoms with E-state index in [9.17, 15) is 8.42 Å². The molecular formula is C19H21N3O3S. The van der Waals surface area contributed by atoms with Crippen molar-refractivity contribution in [2.75, 3.05) is 7.11 Å². The van der Waals surface area contributed by atoms with Crippen LogP contribution in [0, 0.1) is 13.8 Å². The highest BCUT2D eigenvalue weighted by molar-refractivity contribution is 7.89. The molecule has 0 spiro atoms. The molecule has 0 atom stereocenters. The lowest BCUT2D eigenvalue weighted by Crippen LogP contribution is -2.24. The third kappa shape index (κ3) is 3.63. The minimum Gasteiger partial charge on any atom is -0.496 e. The number of methoxy groups -OCH3 is 1. The van der Waals surface area contributed by atoms with Crippen LogP contribution in [0.4, 0.5) is 0 Å². The van der Waals surface area contributed by atoms with E-state index in [-0.39, 0.29) is 11.4 Å². The van der Waals surface area contributed by atoms with Crippen molar-refractivity contribution in [3.05, 3.63) is 71.8 Å². The smallest absolute Gasteiger partial charge is 0.240 e. The van der Waals surface area contributed by atoms with E-state index in [1.165, 1.54) is 0 Å². The van der Waals surface area contributed by atoms with Crippen molar-refractivity contribution in [2.24, 2.45) is 0 Å². The third-order valence-electron chi connectivity index (χ3n) is 4.21. The predicted molar refractivity (Wildman–Crippen MR) is 100 cm³/mol. The number of aromatic nitrogens is 2. The molecule has 0 fully saturated rings. The fraction of sp³-hybridized carbons (Fsp3) is 0.211. The molecule has 0 amide bonds. The van der Waals surface area contributed by atoms with Gasteiger partial charge in [-0.05, 0) is 49.2 Å². The number of para-hydroxylation sites is 1. The second-order valence-electron chi connectivity index (χ2n) is 5.93. The summed E-state index contributed by atoms with van der Waals surface area (Å²) in [6.07, 6.45) is 3.58. The van der Waals surface area contributed by atoms with Crippen molar-refractivity contribution in [2.45, 2.75) is 25.3 Å². The Morgan fingerprint density at radius 3 is 2.58 bits per heavy atom. The standard InChI is InChI=1S/C19H21N3O3S/c1-14-12-17(8-9-19(14)25-3)26(23,24)21-13-16-6-4-5-7-18(16)22-11-10-20-15(22)2/h4-12,21H,13H2,1-3H3. The highest BCUT2D eigenvalue weighted by atomic mass is 32.2. The molecule has 2 aromatic carbocycles. The fourth-order valence-corrected chi connectivity index (χ4v) is 3.89. The summed E-state index contributed by atoms with van der Waals surface area (Å²) in [6, 6.07) is 12.4. The molecule has 136 valence electrons. The van der Waals surface area contributed by atoms with Gasteiger partial charge in [-0.1, -0.05) is 18.2 Å². The van der Waals surface area contributed by atoms with Gasteiger partial charge in [0.15, 0.2) is 0 Å². The van der Waals surface area contributed by atoms with Gasteiger partial charge >= 0.3 is 0 Å². The quantitative estimate of drug-likeness (QED) is 0.723. The maximum absolute atomic E-state index is 12.7. The minimum absolute atomic E-state index is 0.182. The average molecular weight is 371 g/mol. The molecule has 0 bridgehead atoms. The van der Waals surface area contributed by atoms with E-state index in [0.717, 1.165) is 22.6 Å². The summed E-state index contributed by atoms with van der Waals surface area (Å²) in [7, 11) is -2.07. The Labute approximate surface area is 153 Å². The molecule has 0 saturated carbocycles. The summed E-state index contributed by atoms with van der Waals surface area (Å²) in [5, 5.41) is 0. The van der Waals surface area contributed by atoms with E-state index in [1.54, 1.807) is 31.5 Å². The molecule has 1 aromatic heterocycles. The number of hydrogen-bond acceptors (Lipinski definition) is 4. The maximum Gasteiger partial charge on any atom is 0.240 e. The molecule has 0 aliphatic rings. The number of hydrogen-bond donors (Lipinski definition) is 1. The number of sulfonamides is 1. The molecular weight excluding hydrogens is 350 g/mol. The molecule has 6 nitrogen and oxygen atoms in total. The number of rotatable bonds is 6. The Bertz CT molecular complexity index is 1030. The highest BCUT2D eigenvalue weighted by Crippen LogP contribution is 2.22. The largest absolute Gasteiger partial charge is 0.496 e.